The van der Waals surface area contributed by atoms with Gasteiger partial charge < -0.3 is 0 Å². The number of aromatic nitrogens is 1. The monoisotopic (exact) mass is 204 g/mol. The summed E-state index contributed by atoms with van der Waals surface area (Å²) in [5.41, 5.74) is 1.95. The molecule has 2 aromatic rings. The average molecular weight is 204 g/mol. The fraction of sp³-hybridized carbons (Fsp3) is 0.100. The summed E-state index contributed by atoms with van der Waals surface area (Å²) in [6.07, 6.45) is 0. The third-order valence-corrected chi connectivity index (χ3v) is 3.44. The lowest BCUT2D eigenvalue weighted by Gasteiger charge is -1.99. The van der Waals surface area contributed by atoms with Crippen molar-refractivity contribution in [1.82, 2.24) is 9.71 Å². The second-order valence-electron chi connectivity index (χ2n) is 3.24. The van der Waals surface area contributed by atoms with Gasteiger partial charge in [-0.1, -0.05) is 18.2 Å². The van der Waals surface area contributed by atoms with Gasteiger partial charge in [-0.15, -0.1) is 0 Å². The van der Waals surface area contributed by atoms with E-state index >= 15 is 0 Å². The Morgan fingerprint density at radius 3 is 3.14 bits per heavy atom. The Morgan fingerprint density at radius 2 is 2.21 bits per heavy atom. The van der Waals surface area contributed by atoms with E-state index in [2.05, 4.69) is 15.8 Å². The predicted octanol–water partition coefficient (Wildman–Crippen LogP) is 1.36. The van der Waals surface area contributed by atoms with Crippen LogP contribution < -0.4 is 4.72 Å². The normalized spacial score (nSPS) is 19.9. The zero-order chi connectivity index (χ0) is 9.54. The lowest BCUT2D eigenvalue weighted by Crippen LogP contribution is -2.06. The van der Waals surface area contributed by atoms with Crippen molar-refractivity contribution in [2.45, 2.75) is 11.6 Å². The molecule has 0 saturated heterocycles. The Bertz CT molecular complexity index is 539. The van der Waals surface area contributed by atoms with Crippen LogP contribution in [0.2, 0.25) is 0 Å². The number of rotatable bonds is 0. The van der Waals surface area contributed by atoms with Crippen molar-refractivity contribution in [2.75, 3.05) is 0 Å². The van der Waals surface area contributed by atoms with Crippen molar-refractivity contribution < 1.29 is 4.21 Å². The molecule has 1 aliphatic rings. The maximum Gasteiger partial charge on any atom is 0.147 e. The van der Waals surface area contributed by atoms with Gasteiger partial charge in [0.1, 0.15) is 16.0 Å². The molecule has 1 N–H and O–H groups in total. The summed E-state index contributed by atoms with van der Waals surface area (Å²) in [7, 11) is -1.11. The van der Waals surface area contributed by atoms with E-state index in [0.29, 0.717) is 11.6 Å². The molecular weight excluding hydrogens is 196 g/mol. The van der Waals surface area contributed by atoms with E-state index in [1.54, 1.807) is 0 Å². The standard InChI is InChI=1S/C10H8N2OS/c13-14-10-8(6-11-14)5-7-3-1-2-4-9(7)12-10/h1-5,11H,6H2. The maximum atomic E-state index is 11.4. The van der Waals surface area contributed by atoms with Crippen LogP contribution in [0.4, 0.5) is 0 Å². The maximum absolute atomic E-state index is 11.4. The molecular formula is C10H8N2OS. The number of para-hydroxylation sites is 1. The van der Waals surface area contributed by atoms with Gasteiger partial charge in [-0.05, 0) is 12.1 Å². The fourth-order valence-corrected chi connectivity index (χ4v) is 2.61. The summed E-state index contributed by atoms with van der Waals surface area (Å²) in [5, 5.41) is 1.79. The van der Waals surface area contributed by atoms with Gasteiger partial charge in [-0.3, -0.25) is 0 Å². The van der Waals surface area contributed by atoms with E-state index in [-0.39, 0.29) is 0 Å². The molecule has 0 saturated carbocycles. The van der Waals surface area contributed by atoms with Gasteiger partial charge in [0.25, 0.3) is 0 Å². The van der Waals surface area contributed by atoms with Crippen molar-refractivity contribution in [3.8, 4) is 0 Å². The minimum Gasteiger partial charge on any atom is -0.237 e. The SMILES string of the molecule is O=S1NCc2cc3ccccc3nc21. The molecule has 3 rings (SSSR count). The van der Waals surface area contributed by atoms with Crippen LogP contribution in [0.15, 0.2) is 35.4 Å². The second-order valence-corrected chi connectivity index (χ2v) is 4.45. The van der Waals surface area contributed by atoms with E-state index < -0.39 is 11.0 Å². The molecule has 0 fully saturated rings. The van der Waals surface area contributed by atoms with Crippen molar-refractivity contribution in [3.63, 3.8) is 0 Å². The number of nitrogens with one attached hydrogen (secondary N) is 1. The van der Waals surface area contributed by atoms with Crippen molar-refractivity contribution >= 4 is 21.9 Å². The largest absolute Gasteiger partial charge is 0.237 e. The molecule has 1 aromatic carbocycles. The molecule has 70 valence electrons. The summed E-state index contributed by atoms with van der Waals surface area (Å²) < 4.78 is 14.3. The van der Waals surface area contributed by atoms with Gasteiger partial charge in [-0.25, -0.2) is 13.9 Å². The quantitative estimate of drug-likeness (QED) is 0.704. The molecule has 1 atom stereocenters. The van der Waals surface area contributed by atoms with E-state index in [9.17, 15) is 4.21 Å². The van der Waals surface area contributed by atoms with Crippen molar-refractivity contribution in [1.29, 1.82) is 0 Å². The zero-order valence-electron chi connectivity index (χ0n) is 7.36. The van der Waals surface area contributed by atoms with Gasteiger partial charge in [0.15, 0.2) is 0 Å². The first-order valence-corrected chi connectivity index (χ1v) is 5.53. The Labute approximate surface area is 83.8 Å². The molecule has 0 spiro atoms. The number of nitrogens with zero attached hydrogens (tertiary/aromatic N) is 1. The molecule has 0 amide bonds. The highest BCUT2D eigenvalue weighted by atomic mass is 32.2. The zero-order valence-corrected chi connectivity index (χ0v) is 8.17. The van der Waals surface area contributed by atoms with Crippen LogP contribution in [-0.4, -0.2) is 9.19 Å². The van der Waals surface area contributed by atoms with E-state index in [0.717, 1.165) is 16.5 Å². The molecule has 1 aliphatic heterocycles. The van der Waals surface area contributed by atoms with Crippen LogP contribution >= 0.6 is 0 Å². The molecule has 3 nitrogen and oxygen atoms in total. The summed E-state index contributed by atoms with van der Waals surface area (Å²) in [6.45, 7) is 0.653. The Morgan fingerprint density at radius 1 is 1.36 bits per heavy atom. The lowest BCUT2D eigenvalue weighted by atomic mass is 10.2. The lowest BCUT2D eigenvalue weighted by molar-refractivity contribution is 0.677. The van der Waals surface area contributed by atoms with Gasteiger partial charge in [0.2, 0.25) is 0 Å². The molecule has 2 heterocycles. The highest BCUT2D eigenvalue weighted by Crippen LogP contribution is 2.22. The predicted molar refractivity (Wildman–Crippen MR) is 55.0 cm³/mol. The minimum absolute atomic E-state index is 0.653. The first-order chi connectivity index (χ1) is 6.84. The van der Waals surface area contributed by atoms with Gasteiger partial charge in [0, 0.05) is 17.5 Å². The number of hydrogen-bond acceptors (Lipinski definition) is 2. The highest BCUT2D eigenvalue weighted by Gasteiger charge is 2.19. The Kier molecular flexibility index (Phi) is 1.65. The molecule has 14 heavy (non-hydrogen) atoms. The molecule has 1 unspecified atom stereocenters. The molecule has 0 aliphatic carbocycles. The number of pyridine rings is 1. The number of hydrogen-bond donors (Lipinski definition) is 1. The minimum atomic E-state index is -1.11. The van der Waals surface area contributed by atoms with Gasteiger partial charge in [-0.2, -0.15) is 0 Å². The third kappa shape index (κ3) is 1.08. The molecule has 4 heteroatoms. The van der Waals surface area contributed by atoms with Crippen molar-refractivity contribution in [3.05, 3.63) is 35.9 Å². The summed E-state index contributed by atoms with van der Waals surface area (Å²) in [5.74, 6) is 0. The van der Waals surface area contributed by atoms with Gasteiger partial charge >= 0.3 is 0 Å². The van der Waals surface area contributed by atoms with Crippen LogP contribution in [0.5, 0.6) is 0 Å². The van der Waals surface area contributed by atoms with Gasteiger partial charge in [0.05, 0.1) is 5.52 Å². The van der Waals surface area contributed by atoms with E-state index in [1.165, 1.54) is 0 Å². The molecule has 1 aromatic heterocycles. The Hall–Kier alpha value is -1.26. The smallest absolute Gasteiger partial charge is 0.147 e. The Balaban J connectivity index is 2.38. The molecule has 0 radical (unpaired) electrons. The third-order valence-electron chi connectivity index (χ3n) is 2.33. The second kappa shape index (κ2) is 2.87. The van der Waals surface area contributed by atoms with Crippen LogP contribution in [0, 0.1) is 0 Å². The van der Waals surface area contributed by atoms with E-state index in [4.69, 9.17) is 0 Å². The van der Waals surface area contributed by atoms with E-state index in [1.807, 2.05) is 24.3 Å². The average Bonchev–Trinajstić information content (AvgIpc) is 2.57. The summed E-state index contributed by atoms with van der Waals surface area (Å²) >= 11 is 0. The topological polar surface area (TPSA) is 42.0 Å². The number of benzene rings is 1. The number of fused-ring (bicyclic) bond motifs is 2. The van der Waals surface area contributed by atoms with Crippen molar-refractivity contribution in [2.24, 2.45) is 0 Å². The first kappa shape index (κ1) is 8.08. The van der Waals surface area contributed by atoms with Crippen LogP contribution in [-0.2, 0) is 17.5 Å². The fourth-order valence-electron chi connectivity index (χ4n) is 1.64. The van der Waals surface area contributed by atoms with Crippen LogP contribution in [0.25, 0.3) is 10.9 Å². The van der Waals surface area contributed by atoms with Crippen LogP contribution in [0.3, 0.4) is 0 Å². The van der Waals surface area contributed by atoms with Crippen LogP contribution in [0.1, 0.15) is 5.56 Å². The first-order valence-electron chi connectivity index (χ1n) is 4.38. The summed E-state index contributed by atoms with van der Waals surface area (Å²) in [6, 6.07) is 9.92. The summed E-state index contributed by atoms with van der Waals surface area (Å²) in [4.78, 5) is 4.37. The molecule has 0 bridgehead atoms. The highest BCUT2D eigenvalue weighted by molar-refractivity contribution is 7.83.